The Hall–Kier alpha value is -3.76. The molecule has 2 aliphatic heterocycles. The van der Waals surface area contributed by atoms with Crippen molar-refractivity contribution in [3.8, 4) is 11.5 Å². The van der Waals surface area contributed by atoms with E-state index in [4.69, 9.17) is 18.9 Å². The van der Waals surface area contributed by atoms with Gasteiger partial charge in [0.2, 0.25) is 5.91 Å². The van der Waals surface area contributed by atoms with E-state index >= 15 is 0 Å². The van der Waals surface area contributed by atoms with E-state index in [0.29, 0.717) is 51.5 Å². The summed E-state index contributed by atoms with van der Waals surface area (Å²) >= 11 is 0. The van der Waals surface area contributed by atoms with Gasteiger partial charge < -0.3 is 24.3 Å². The molecule has 2 aliphatic rings. The fourth-order valence-corrected chi connectivity index (χ4v) is 4.66. The third-order valence-electron chi connectivity index (χ3n) is 6.51. The summed E-state index contributed by atoms with van der Waals surface area (Å²) in [6.07, 6.45) is 2.31. The van der Waals surface area contributed by atoms with E-state index in [1.165, 1.54) is 13.4 Å². The molecule has 0 aliphatic carbocycles. The van der Waals surface area contributed by atoms with Crippen LogP contribution in [0.15, 0.2) is 36.7 Å². The number of carbonyl (C=O) groups excluding carboxylic acids is 2. The van der Waals surface area contributed by atoms with Crippen molar-refractivity contribution in [2.75, 3.05) is 59.0 Å². The molecule has 10 nitrogen and oxygen atoms in total. The predicted molar refractivity (Wildman–Crippen MR) is 132 cm³/mol. The van der Waals surface area contributed by atoms with Crippen molar-refractivity contribution in [2.45, 2.75) is 12.3 Å². The van der Waals surface area contributed by atoms with Crippen LogP contribution in [0, 0.1) is 0 Å². The van der Waals surface area contributed by atoms with Crippen LogP contribution in [0.4, 0.5) is 5.69 Å². The maximum Gasteiger partial charge on any atom is 0.337 e. The predicted octanol–water partition coefficient (Wildman–Crippen LogP) is 2.61. The van der Waals surface area contributed by atoms with Crippen molar-refractivity contribution in [2.24, 2.45) is 0 Å². The van der Waals surface area contributed by atoms with Gasteiger partial charge in [0.15, 0.2) is 11.5 Å². The lowest BCUT2D eigenvalue weighted by Gasteiger charge is -2.26. The number of fused-ring (bicyclic) bond motifs is 2. The molecule has 1 atom stereocenters. The maximum absolute atomic E-state index is 13.0. The zero-order chi connectivity index (χ0) is 25.1. The summed E-state index contributed by atoms with van der Waals surface area (Å²) in [6, 6.07) is 8.61. The van der Waals surface area contributed by atoms with Gasteiger partial charge in [-0.1, -0.05) is 0 Å². The highest BCUT2D eigenvalue weighted by molar-refractivity contribution is 6.07. The first-order valence-corrected chi connectivity index (χ1v) is 11.9. The Bertz CT molecular complexity index is 1290. The van der Waals surface area contributed by atoms with E-state index in [1.54, 1.807) is 31.4 Å². The van der Waals surface area contributed by atoms with Gasteiger partial charge in [-0.3, -0.25) is 9.69 Å². The molecule has 10 heteroatoms. The fraction of sp³-hybridized carbons (Fsp3) is 0.385. The van der Waals surface area contributed by atoms with Crippen molar-refractivity contribution in [3.05, 3.63) is 53.5 Å². The molecular weight excluding hydrogens is 464 g/mol. The van der Waals surface area contributed by atoms with Crippen molar-refractivity contribution in [1.29, 1.82) is 0 Å². The summed E-state index contributed by atoms with van der Waals surface area (Å²) in [4.78, 5) is 36.3. The van der Waals surface area contributed by atoms with Gasteiger partial charge in [0.1, 0.15) is 12.2 Å². The first-order chi connectivity index (χ1) is 17.6. The van der Waals surface area contributed by atoms with Crippen molar-refractivity contribution < 1.29 is 28.5 Å². The van der Waals surface area contributed by atoms with E-state index in [1.807, 2.05) is 6.07 Å². The number of anilines is 1. The number of esters is 1. The highest BCUT2D eigenvalue weighted by atomic mass is 16.5. The Morgan fingerprint density at radius 2 is 1.97 bits per heavy atom. The first-order valence-electron chi connectivity index (χ1n) is 11.9. The average Bonchev–Trinajstić information content (AvgIpc) is 3.25. The summed E-state index contributed by atoms with van der Waals surface area (Å²) in [5, 5.41) is 3.55. The van der Waals surface area contributed by atoms with Crippen LogP contribution in [0.25, 0.3) is 10.9 Å². The minimum atomic E-state index is -0.708. The Labute approximate surface area is 208 Å². The summed E-state index contributed by atoms with van der Waals surface area (Å²) in [5.74, 6) is -0.289. The molecule has 0 radical (unpaired) electrons. The third-order valence-corrected chi connectivity index (χ3v) is 6.51. The quantitative estimate of drug-likeness (QED) is 0.375. The molecule has 1 fully saturated rings. The van der Waals surface area contributed by atoms with E-state index < -0.39 is 11.9 Å². The number of aromatic nitrogens is 2. The summed E-state index contributed by atoms with van der Waals surface area (Å²) in [5.41, 5.74) is 2.81. The summed E-state index contributed by atoms with van der Waals surface area (Å²) < 4.78 is 21.9. The molecule has 2 aromatic carbocycles. The normalized spacial score (nSPS) is 17.5. The Balaban J connectivity index is 1.42. The number of methoxy groups -OCH3 is 2. The molecule has 1 N–H and O–H groups in total. The number of carbonyl (C=O) groups is 2. The lowest BCUT2D eigenvalue weighted by Crippen LogP contribution is -2.37. The molecule has 1 aromatic heterocycles. The number of benzene rings is 2. The molecule has 1 amide bonds. The number of hydrogen-bond donors (Lipinski definition) is 1. The van der Waals surface area contributed by atoms with Crippen LogP contribution in [0.1, 0.15) is 34.0 Å². The van der Waals surface area contributed by atoms with Gasteiger partial charge in [-0.15, -0.1) is 0 Å². The molecule has 5 rings (SSSR count). The minimum absolute atomic E-state index is 0.227. The smallest absolute Gasteiger partial charge is 0.337 e. The largest absolute Gasteiger partial charge is 0.493 e. The molecule has 1 unspecified atom stereocenters. The second-order valence-electron chi connectivity index (χ2n) is 8.65. The minimum Gasteiger partial charge on any atom is -0.493 e. The summed E-state index contributed by atoms with van der Waals surface area (Å²) in [6.45, 7) is 4.90. The Kier molecular flexibility index (Phi) is 6.97. The standard InChI is InChI=1S/C26H28N4O6/c1-33-21-13-18-20(14-22(21)36-9-3-6-30-7-10-35-11-8-30)27-15-28-24(18)23-17-12-16(26(32)34-2)4-5-19(17)29-25(23)31/h4-5,12-15,23H,3,6-11H2,1-2H3,(H,29,31). The highest BCUT2D eigenvalue weighted by Gasteiger charge is 2.35. The zero-order valence-corrected chi connectivity index (χ0v) is 20.3. The molecule has 36 heavy (non-hydrogen) atoms. The maximum atomic E-state index is 13.0. The lowest BCUT2D eigenvalue weighted by atomic mass is 9.93. The van der Waals surface area contributed by atoms with Gasteiger partial charge in [0.05, 0.1) is 50.8 Å². The highest BCUT2D eigenvalue weighted by Crippen LogP contribution is 2.41. The molecular formula is C26H28N4O6. The van der Waals surface area contributed by atoms with Crippen LogP contribution in [-0.4, -0.2) is 80.4 Å². The van der Waals surface area contributed by atoms with Crippen molar-refractivity contribution in [3.63, 3.8) is 0 Å². The number of rotatable bonds is 8. The lowest BCUT2D eigenvalue weighted by molar-refractivity contribution is -0.116. The molecule has 188 valence electrons. The number of morpholine rings is 1. The second-order valence-corrected chi connectivity index (χ2v) is 8.65. The van der Waals surface area contributed by atoms with Crippen molar-refractivity contribution >= 4 is 28.5 Å². The van der Waals surface area contributed by atoms with E-state index in [2.05, 4.69) is 20.2 Å². The first kappa shape index (κ1) is 24.0. The topological polar surface area (TPSA) is 112 Å². The van der Waals surface area contributed by atoms with Crippen LogP contribution in [0.2, 0.25) is 0 Å². The van der Waals surface area contributed by atoms with Gasteiger partial charge in [-0.2, -0.15) is 0 Å². The van der Waals surface area contributed by atoms with Crippen molar-refractivity contribution in [1.82, 2.24) is 14.9 Å². The number of hydrogen-bond acceptors (Lipinski definition) is 9. The van der Waals surface area contributed by atoms with E-state index in [0.717, 1.165) is 39.3 Å². The molecule has 3 heterocycles. The molecule has 1 saturated heterocycles. The van der Waals surface area contributed by atoms with Crippen LogP contribution in [0.3, 0.4) is 0 Å². The number of amides is 1. The van der Waals surface area contributed by atoms with Crippen LogP contribution in [-0.2, 0) is 14.3 Å². The third kappa shape index (κ3) is 4.69. The van der Waals surface area contributed by atoms with Crippen LogP contribution in [0.5, 0.6) is 11.5 Å². The van der Waals surface area contributed by atoms with E-state index in [9.17, 15) is 9.59 Å². The fourth-order valence-electron chi connectivity index (χ4n) is 4.66. The zero-order valence-electron chi connectivity index (χ0n) is 20.3. The SMILES string of the molecule is COC(=O)c1ccc2c(c1)C(c1ncnc3cc(OCCCN4CCOCC4)c(OC)cc13)C(=O)N2. The monoisotopic (exact) mass is 492 g/mol. The van der Waals surface area contributed by atoms with Crippen LogP contribution >= 0.6 is 0 Å². The van der Waals surface area contributed by atoms with Gasteiger partial charge in [-0.05, 0) is 36.2 Å². The molecule has 3 aromatic rings. The average molecular weight is 493 g/mol. The Morgan fingerprint density at radius 3 is 2.75 bits per heavy atom. The molecule has 0 saturated carbocycles. The second kappa shape index (κ2) is 10.5. The van der Waals surface area contributed by atoms with Gasteiger partial charge in [-0.25, -0.2) is 14.8 Å². The number of nitrogens with one attached hydrogen (secondary N) is 1. The van der Waals surface area contributed by atoms with Gasteiger partial charge in [0.25, 0.3) is 0 Å². The summed E-state index contributed by atoms with van der Waals surface area (Å²) in [7, 11) is 2.90. The molecule has 0 bridgehead atoms. The van der Waals surface area contributed by atoms with Crippen LogP contribution < -0.4 is 14.8 Å². The Morgan fingerprint density at radius 1 is 1.14 bits per heavy atom. The number of nitrogens with zero attached hydrogens (tertiary/aromatic N) is 3. The van der Waals surface area contributed by atoms with Gasteiger partial charge >= 0.3 is 5.97 Å². The van der Waals surface area contributed by atoms with Gasteiger partial charge in [0, 0.05) is 36.8 Å². The molecule has 0 spiro atoms. The number of ether oxygens (including phenoxy) is 4. The van der Waals surface area contributed by atoms with E-state index in [-0.39, 0.29) is 5.91 Å².